The third-order valence-electron chi connectivity index (χ3n) is 9.48. The van der Waals surface area contributed by atoms with E-state index in [1.165, 1.54) is 67.5 Å². The van der Waals surface area contributed by atoms with E-state index in [2.05, 4.69) is 79.9 Å². The smallest absolute Gasteiger partial charge is 0.154 e. The van der Waals surface area contributed by atoms with E-state index in [4.69, 9.17) is 9.47 Å². The van der Waals surface area contributed by atoms with Crippen LogP contribution in [-0.4, -0.2) is 34.5 Å². The molecule has 1 aliphatic heterocycles. The van der Waals surface area contributed by atoms with Gasteiger partial charge in [-0.05, 0) is 140 Å². The van der Waals surface area contributed by atoms with Crippen molar-refractivity contribution in [3.8, 4) is 0 Å². The molecule has 2 aliphatic rings. The van der Waals surface area contributed by atoms with Crippen molar-refractivity contribution in [3.63, 3.8) is 0 Å². The van der Waals surface area contributed by atoms with Crippen molar-refractivity contribution in [3.05, 3.63) is 159 Å². The van der Waals surface area contributed by atoms with Crippen molar-refractivity contribution in [1.29, 1.82) is 0 Å². The molecule has 0 spiro atoms. The largest absolute Gasteiger partial charge is 0.353 e. The number of hydrogen-bond donors (Lipinski definition) is 0. The lowest BCUT2D eigenvalue weighted by Gasteiger charge is -2.24. The molecule has 0 atom stereocenters. The number of hydrogen-bond acceptors (Lipinski definition) is 5. The number of aryl methyl sites for hydroxylation is 9. The van der Waals surface area contributed by atoms with Crippen molar-refractivity contribution in [2.75, 3.05) is 13.2 Å². The highest BCUT2D eigenvalue weighted by Gasteiger charge is 2.14. The molecule has 7 rings (SSSR count). The van der Waals surface area contributed by atoms with E-state index in [0.717, 1.165) is 47.7 Å². The Bertz CT molecular complexity index is 1620. The Kier molecular flexibility index (Phi) is 28.4. The molecule has 8 heteroatoms. The first kappa shape index (κ1) is 55.6. The van der Waals surface area contributed by atoms with Crippen LogP contribution in [0.3, 0.4) is 0 Å². The summed E-state index contributed by atoms with van der Waals surface area (Å²) in [6, 6.07) is 20.4. The zero-order valence-electron chi connectivity index (χ0n) is 38.4. The molecule has 0 unspecified atom stereocenters. The summed E-state index contributed by atoms with van der Waals surface area (Å²) >= 11 is 0. The van der Waals surface area contributed by atoms with E-state index >= 15 is 0 Å². The summed E-state index contributed by atoms with van der Waals surface area (Å²) in [7, 11) is 0. The fourth-order valence-electron chi connectivity index (χ4n) is 5.23. The molecule has 60 heavy (non-hydrogen) atoms. The van der Waals surface area contributed by atoms with Crippen LogP contribution in [0.1, 0.15) is 117 Å². The van der Waals surface area contributed by atoms with Crippen LogP contribution >= 0.6 is 0 Å². The second-order valence-corrected chi connectivity index (χ2v) is 16.2. The molecule has 3 heterocycles. The minimum Gasteiger partial charge on any atom is -0.353 e. The Morgan fingerprint density at radius 2 is 0.850 bits per heavy atom. The summed E-state index contributed by atoms with van der Waals surface area (Å²) in [5.74, 6) is 2.38. The van der Waals surface area contributed by atoms with Gasteiger partial charge in [-0.1, -0.05) is 107 Å². The standard InChI is InChI=1S/C8H8F2.C8H9F.C8H16.C8H10.C7H9N.C6H8N2.C6H12O2.CH4/c1-5-3-7(9)6(2)8(10)4-5;1-6-3-4-7(2)8(9)5-6;2*1-7-3-5-8(2)6-4-7;1-6-3-4-7(2)8-5-6;2*1-5-3-7-6(2)8-4-5;/h3-4H,1-2H3;3-5H,1-2H3;7-8H,3-6H2,1-2H3;3-6H,1-2H3;3-5H,1-2H3;3-4H,1-2H3;5-6H,3-4H2,1-2H3;1H4. The van der Waals surface area contributed by atoms with Crippen molar-refractivity contribution in [2.24, 2.45) is 17.8 Å². The van der Waals surface area contributed by atoms with E-state index in [1.807, 2.05) is 72.3 Å². The lowest BCUT2D eigenvalue weighted by Crippen LogP contribution is -2.27. The summed E-state index contributed by atoms with van der Waals surface area (Å²) in [5, 5.41) is 0. The van der Waals surface area contributed by atoms with Gasteiger partial charge in [-0.15, -0.1) is 0 Å². The summed E-state index contributed by atoms with van der Waals surface area (Å²) in [5.41, 5.74) is 8.44. The van der Waals surface area contributed by atoms with Crippen LogP contribution in [-0.2, 0) is 9.47 Å². The van der Waals surface area contributed by atoms with E-state index < -0.39 is 11.6 Å². The van der Waals surface area contributed by atoms with Gasteiger partial charge in [0.1, 0.15) is 23.3 Å². The Balaban J connectivity index is 0.000000676. The van der Waals surface area contributed by atoms with Gasteiger partial charge in [0, 0.05) is 35.8 Å². The number of rotatable bonds is 0. The SMILES string of the molecule is C.CC1CCC(C)CC1.CC1COC(C)OC1.Cc1cc(F)c(C)c(F)c1.Cc1ccc(C)c(F)c1.Cc1ccc(C)cc1.Cc1ccc(C)nc1.Cc1cnc(C)nc1. The van der Waals surface area contributed by atoms with Crippen LogP contribution in [0.2, 0.25) is 0 Å². The topological polar surface area (TPSA) is 57.1 Å². The third kappa shape index (κ3) is 26.6. The van der Waals surface area contributed by atoms with Gasteiger partial charge in [0.05, 0.1) is 13.2 Å². The van der Waals surface area contributed by atoms with Crippen LogP contribution in [0.5, 0.6) is 0 Å². The van der Waals surface area contributed by atoms with Crippen LogP contribution in [0, 0.1) is 104 Å². The van der Waals surface area contributed by atoms with Crippen molar-refractivity contribution >= 4 is 0 Å². The van der Waals surface area contributed by atoms with Crippen molar-refractivity contribution < 1.29 is 22.6 Å². The number of pyridine rings is 1. The average Bonchev–Trinajstić information content (AvgIpc) is 3.19. The van der Waals surface area contributed by atoms with Gasteiger partial charge in [0.15, 0.2) is 6.29 Å². The summed E-state index contributed by atoms with van der Waals surface area (Å²) < 4.78 is 48.1. The quantitative estimate of drug-likeness (QED) is 0.156. The predicted molar refractivity (Wildman–Crippen MR) is 247 cm³/mol. The summed E-state index contributed by atoms with van der Waals surface area (Å²) in [6.07, 6.45) is 11.4. The van der Waals surface area contributed by atoms with Crippen LogP contribution in [0.25, 0.3) is 0 Å². The maximum atomic E-state index is 12.6. The molecular weight excluding hydrogens is 756 g/mol. The highest BCUT2D eigenvalue weighted by molar-refractivity contribution is 5.24. The van der Waals surface area contributed by atoms with Gasteiger partial charge >= 0.3 is 0 Å². The first-order valence-electron chi connectivity index (χ1n) is 20.8. The lowest BCUT2D eigenvalue weighted by molar-refractivity contribution is -0.187. The van der Waals surface area contributed by atoms with Crippen LogP contribution < -0.4 is 0 Å². The van der Waals surface area contributed by atoms with Gasteiger partial charge < -0.3 is 9.47 Å². The third-order valence-corrected chi connectivity index (χ3v) is 9.48. The molecule has 1 saturated carbocycles. The second kappa shape index (κ2) is 30.6. The summed E-state index contributed by atoms with van der Waals surface area (Å²) in [4.78, 5) is 12.0. The number of benzene rings is 3. The molecule has 0 N–H and O–H groups in total. The highest BCUT2D eigenvalue weighted by atomic mass is 19.1. The molecule has 1 saturated heterocycles. The molecule has 5 aromatic rings. The van der Waals surface area contributed by atoms with Crippen molar-refractivity contribution in [2.45, 2.75) is 136 Å². The molecule has 5 nitrogen and oxygen atoms in total. The monoisotopic (exact) mass is 832 g/mol. The van der Waals surface area contributed by atoms with Crippen LogP contribution in [0.15, 0.2) is 85.3 Å². The molecule has 0 radical (unpaired) electrons. The molecule has 0 amide bonds. The molecule has 0 bridgehead atoms. The second-order valence-electron chi connectivity index (χ2n) is 16.2. The molecule has 2 aromatic heterocycles. The Morgan fingerprint density at radius 1 is 0.450 bits per heavy atom. The Labute approximate surface area is 362 Å². The van der Waals surface area contributed by atoms with Crippen molar-refractivity contribution in [1.82, 2.24) is 15.0 Å². The van der Waals surface area contributed by atoms with Gasteiger partial charge in [0.25, 0.3) is 0 Å². The summed E-state index contributed by atoms with van der Waals surface area (Å²) in [6.45, 7) is 29.2. The van der Waals surface area contributed by atoms with Gasteiger partial charge in [-0.2, -0.15) is 0 Å². The molecule has 3 aromatic carbocycles. The van der Waals surface area contributed by atoms with E-state index in [-0.39, 0.29) is 25.1 Å². The lowest BCUT2D eigenvalue weighted by atomic mass is 9.84. The Hall–Kier alpha value is -4.40. The van der Waals surface area contributed by atoms with Crippen LogP contribution in [0.4, 0.5) is 13.2 Å². The number of nitrogens with zero attached hydrogens (tertiary/aromatic N) is 3. The maximum absolute atomic E-state index is 12.6. The molecule has 1 aliphatic carbocycles. The van der Waals surface area contributed by atoms with E-state index in [0.29, 0.717) is 17.0 Å². The molecule has 2 fully saturated rings. The first-order valence-corrected chi connectivity index (χ1v) is 20.8. The van der Waals surface area contributed by atoms with Gasteiger partial charge in [-0.25, -0.2) is 23.1 Å². The fraction of sp³-hybridized carbons (Fsp3) is 0.481. The minimum absolute atomic E-state index is 0. The van der Waals surface area contributed by atoms with E-state index in [9.17, 15) is 13.2 Å². The average molecular weight is 832 g/mol. The highest BCUT2D eigenvalue weighted by Crippen LogP contribution is 2.27. The van der Waals surface area contributed by atoms with Gasteiger partial charge in [0.2, 0.25) is 0 Å². The van der Waals surface area contributed by atoms with E-state index in [1.54, 1.807) is 19.9 Å². The Morgan fingerprint density at radius 3 is 1.20 bits per heavy atom. The number of halogens is 3. The number of aromatic nitrogens is 3. The zero-order chi connectivity index (χ0) is 44.5. The normalized spacial score (nSPS) is 17.4. The first-order chi connectivity index (χ1) is 27.7. The predicted octanol–water partition coefficient (Wildman–Crippen LogP) is 14.6. The fourth-order valence-corrected chi connectivity index (χ4v) is 5.23. The van der Waals surface area contributed by atoms with Gasteiger partial charge in [-0.3, -0.25) is 4.98 Å². The minimum atomic E-state index is -0.475. The number of ether oxygens (including phenoxy) is 2. The maximum Gasteiger partial charge on any atom is 0.154 e. The molecule has 332 valence electrons. The zero-order valence-corrected chi connectivity index (χ0v) is 38.4. The molecular formula is C52H76F3N3O2.